The van der Waals surface area contributed by atoms with Gasteiger partial charge in [0.05, 0.1) is 24.0 Å². The SMILES string of the molecule is CCCc1c(C(=O)NCCCO)cnn1Cc1ccccc1. The Hall–Kier alpha value is -2.14. The topological polar surface area (TPSA) is 67.2 Å². The molecule has 5 heteroatoms. The molecule has 1 amide bonds. The highest BCUT2D eigenvalue weighted by Crippen LogP contribution is 2.13. The monoisotopic (exact) mass is 301 g/mol. The Kier molecular flexibility index (Phi) is 6.15. The first-order chi connectivity index (χ1) is 10.8. The molecule has 1 heterocycles. The Morgan fingerprint density at radius 3 is 2.77 bits per heavy atom. The van der Waals surface area contributed by atoms with Gasteiger partial charge >= 0.3 is 0 Å². The van der Waals surface area contributed by atoms with Gasteiger partial charge in [0.25, 0.3) is 5.91 Å². The number of aromatic nitrogens is 2. The van der Waals surface area contributed by atoms with Crippen molar-refractivity contribution in [2.45, 2.75) is 32.7 Å². The highest BCUT2D eigenvalue weighted by Gasteiger charge is 2.16. The summed E-state index contributed by atoms with van der Waals surface area (Å²) in [5, 5.41) is 16.0. The third-order valence-electron chi connectivity index (χ3n) is 3.48. The molecule has 5 nitrogen and oxygen atoms in total. The molecule has 0 radical (unpaired) electrons. The van der Waals surface area contributed by atoms with Crippen LogP contribution in [0, 0.1) is 0 Å². The van der Waals surface area contributed by atoms with Crippen LogP contribution >= 0.6 is 0 Å². The van der Waals surface area contributed by atoms with Gasteiger partial charge in [-0.05, 0) is 18.4 Å². The molecule has 0 spiro atoms. The van der Waals surface area contributed by atoms with Crippen molar-refractivity contribution in [3.63, 3.8) is 0 Å². The van der Waals surface area contributed by atoms with Crippen LogP contribution < -0.4 is 5.32 Å². The van der Waals surface area contributed by atoms with Gasteiger partial charge in [-0.1, -0.05) is 43.7 Å². The Balaban J connectivity index is 2.15. The van der Waals surface area contributed by atoms with E-state index in [2.05, 4.69) is 29.5 Å². The minimum absolute atomic E-state index is 0.0787. The van der Waals surface area contributed by atoms with Gasteiger partial charge in [0.1, 0.15) is 0 Å². The highest BCUT2D eigenvalue weighted by atomic mass is 16.3. The maximum absolute atomic E-state index is 12.2. The first-order valence-electron chi connectivity index (χ1n) is 7.74. The number of nitrogens with one attached hydrogen (secondary N) is 1. The standard InChI is InChI=1S/C17H23N3O2/c1-2-7-16-15(17(22)18-10-6-11-21)12-19-20(16)13-14-8-4-3-5-9-14/h3-5,8-9,12,21H,2,6-7,10-11,13H2,1H3,(H,18,22). The van der Waals surface area contributed by atoms with Gasteiger partial charge in [0, 0.05) is 13.2 Å². The molecule has 2 N–H and O–H groups in total. The van der Waals surface area contributed by atoms with Crippen LogP contribution in [0.15, 0.2) is 36.5 Å². The number of hydrogen-bond donors (Lipinski definition) is 2. The molecule has 1 aromatic heterocycles. The van der Waals surface area contributed by atoms with Crippen molar-refractivity contribution in [2.75, 3.05) is 13.2 Å². The van der Waals surface area contributed by atoms with Crippen molar-refractivity contribution < 1.29 is 9.90 Å². The molecule has 0 atom stereocenters. The summed E-state index contributed by atoms with van der Waals surface area (Å²) in [6, 6.07) is 10.1. The Labute approximate surface area is 131 Å². The zero-order valence-electron chi connectivity index (χ0n) is 13.0. The van der Waals surface area contributed by atoms with E-state index in [9.17, 15) is 4.79 Å². The molecule has 0 bridgehead atoms. The predicted octanol–water partition coefficient (Wildman–Crippen LogP) is 2.00. The van der Waals surface area contributed by atoms with Gasteiger partial charge in [-0.2, -0.15) is 5.10 Å². The van der Waals surface area contributed by atoms with E-state index in [-0.39, 0.29) is 12.5 Å². The predicted molar refractivity (Wildman–Crippen MR) is 85.8 cm³/mol. The van der Waals surface area contributed by atoms with E-state index in [1.807, 2.05) is 22.9 Å². The first-order valence-corrected chi connectivity index (χ1v) is 7.74. The van der Waals surface area contributed by atoms with Crippen molar-refractivity contribution in [1.29, 1.82) is 0 Å². The van der Waals surface area contributed by atoms with Crippen LogP contribution in [-0.4, -0.2) is 33.9 Å². The van der Waals surface area contributed by atoms with Crippen molar-refractivity contribution >= 4 is 5.91 Å². The van der Waals surface area contributed by atoms with Gasteiger partial charge in [-0.3, -0.25) is 9.48 Å². The molecule has 0 aliphatic rings. The van der Waals surface area contributed by atoms with E-state index in [4.69, 9.17) is 5.11 Å². The van der Waals surface area contributed by atoms with Crippen LogP contribution in [0.3, 0.4) is 0 Å². The van der Waals surface area contributed by atoms with Crippen molar-refractivity contribution in [3.8, 4) is 0 Å². The fourth-order valence-corrected chi connectivity index (χ4v) is 2.37. The Morgan fingerprint density at radius 1 is 1.32 bits per heavy atom. The van der Waals surface area contributed by atoms with Gasteiger partial charge in [0.2, 0.25) is 0 Å². The van der Waals surface area contributed by atoms with Gasteiger partial charge in [0.15, 0.2) is 0 Å². The Bertz CT molecular complexity index is 593. The van der Waals surface area contributed by atoms with Gasteiger partial charge in [-0.25, -0.2) is 0 Å². The number of hydrogen-bond acceptors (Lipinski definition) is 3. The number of aliphatic hydroxyl groups is 1. The lowest BCUT2D eigenvalue weighted by molar-refractivity contribution is 0.0950. The van der Waals surface area contributed by atoms with Crippen LogP contribution in [0.2, 0.25) is 0 Å². The summed E-state index contributed by atoms with van der Waals surface area (Å²) in [6.45, 7) is 3.31. The number of benzene rings is 1. The molecule has 0 saturated heterocycles. The summed E-state index contributed by atoms with van der Waals surface area (Å²) < 4.78 is 1.90. The van der Waals surface area contributed by atoms with E-state index in [1.165, 1.54) is 0 Å². The summed E-state index contributed by atoms with van der Waals surface area (Å²) >= 11 is 0. The summed E-state index contributed by atoms with van der Waals surface area (Å²) in [5.74, 6) is -0.115. The second kappa shape index (κ2) is 8.34. The fourth-order valence-electron chi connectivity index (χ4n) is 2.37. The molecule has 2 rings (SSSR count). The van der Waals surface area contributed by atoms with Gasteiger partial charge < -0.3 is 10.4 Å². The average molecular weight is 301 g/mol. The third kappa shape index (κ3) is 4.18. The minimum Gasteiger partial charge on any atom is -0.396 e. The van der Waals surface area contributed by atoms with Crippen LogP contribution in [0.5, 0.6) is 0 Å². The molecule has 0 fully saturated rings. The minimum atomic E-state index is -0.115. The van der Waals surface area contributed by atoms with Crippen molar-refractivity contribution in [1.82, 2.24) is 15.1 Å². The zero-order chi connectivity index (χ0) is 15.8. The second-order valence-corrected chi connectivity index (χ2v) is 5.23. The quantitative estimate of drug-likeness (QED) is 0.733. The Morgan fingerprint density at radius 2 is 2.09 bits per heavy atom. The molecule has 118 valence electrons. The summed E-state index contributed by atoms with van der Waals surface area (Å²) in [4.78, 5) is 12.2. The molecule has 2 aromatic rings. The molecule has 0 aliphatic carbocycles. The van der Waals surface area contributed by atoms with E-state index in [0.717, 1.165) is 24.1 Å². The zero-order valence-corrected chi connectivity index (χ0v) is 13.0. The summed E-state index contributed by atoms with van der Waals surface area (Å²) in [7, 11) is 0. The molecule has 0 aliphatic heterocycles. The first kappa shape index (κ1) is 16.2. The normalized spacial score (nSPS) is 10.6. The lowest BCUT2D eigenvalue weighted by atomic mass is 10.1. The van der Waals surface area contributed by atoms with Crippen LogP contribution in [0.25, 0.3) is 0 Å². The number of rotatable bonds is 8. The molecule has 1 aromatic carbocycles. The number of amides is 1. The van der Waals surface area contributed by atoms with E-state index < -0.39 is 0 Å². The molecule has 22 heavy (non-hydrogen) atoms. The number of carbonyl (C=O) groups excluding carboxylic acids is 1. The summed E-state index contributed by atoms with van der Waals surface area (Å²) in [5.41, 5.74) is 2.76. The van der Waals surface area contributed by atoms with Gasteiger partial charge in [-0.15, -0.1) is 0 Å². The van der Waals surface area contributed by atoms with E-state index in [1.54, 1.807) is 6.20 Å². The average Bonchev–Trinajstić information content (AvgIpc) is 2.92. The lowest BCUT2D eigenvalue weighted by Gasteiger charge is -2.09. The van der Waals surface area contributed by atoms with E-state index in [0.29, 0.717) is 25.1 Å². The number of aliphatic hydroxyl groups excluding tert-OH is 1. The van der Waals surface area contributed by atoms with Crippen molar-refractivity contribution in [3.05, 3.63) is 53.3 Å². The van der Waals surface area contributed by atoms with E-state index >= 15 is 0 Å². The number of carbonyl (C=O) groups is 1. The van der Waals surface area contributed by atoms with Crippen molar-refractivity contribution in [2.24, 2.45) is 0 Å². The van der Waals surface area contributed by atoms with Crippen LogP contribution in [0.4, 0.5) is 0 Å². The number of nitrogens with zero attached hydrogens (tertiary/aromatic N) is 2. The summed E-state index contributed by atoms with van der Waals surface area (Å²) in [6.07, 6.45) is 3.97. The fraction of sp³-hybridized carbons (Fsp3) is 0.412. The molecular formula is C17H23N3O2. The molecule has 0 unspecified atom stereocenters. The molecular weight excluding hydrogens is 278 g/mol. The highest BCUT2D eigenvalue weighted by molar-refractivity contribution is 5.95. The maximum atomic E-state index is 12.2. The largest absolute Gasteiger partial charge is 0.396 e. The lowest BCUT2D eigenvalue weighted by Crippen LogP contribution is -2.26. The smallest absolute Gasteiger partial charge is 0.254 e. The van der Waals surface area contributed by atoms with Crippen LogP contribution in [0.1, 0.15) is 41.4 Å². The maximum Gasteiger partial charge on any atom is 0.254 e. The van der Waals surface area contributed by atoms with Crippen LogP contribution in [-0.2, 0) is 13.0 Å². The third-order valence-corrected chi connectivity index (χ3v) is 3.48. The second-order valence-electron chi connectivity index (χ2n) is 5.23. The molecule has 0 saturated carbocycles.